The molecule has 0 bridgehead atoms. The molecular formula is C19H23N3O5S2. The van der Waals surface area contributed by atoms with E-state index in [-0.39, 0.29) is 10.8 Å². The van der Waals surface area contributed by atoms with Gasteiger partial charge in [0.15, 0.2) is 0 Å². The smallest absolute Gasteiger partial charge is 0.241 e. The second-order valence-electron chi connectivity index (χ2n) is 7.05. The van der Waals surface area contributed by atoms with E-state index in [9.17, 15) is 21.6 Å². The first-order valence-corrected chi connectivity index (χ1v) is 12.3. The molecule has 1 atom stereocenters. The van der Waals surface area contributed by atoms with Gasteiger partial charge in [0.1, 0.15) is 0 Å². The highest BCUT2D eigenvalue weighted by molar-refractivity contribution is 7.92. The van der Waals surface area contributed by atoms with Crippen molar-refractivity contribution >= 4 is 37.3 Å². The number of nitrogens with zero attached hydrogens (tertiary/aromatic N) is 1. The van der Waals surface area contributed by atoms with Gasteiger partial charge >= 0.3 is 0 Å². The Bertz CT molecular complexity index is 1160. The van der Waals surface area contributed by atoms with Crippen LogP contribution in [0.15, 0.2) is 47.4 Å². The summed E-state index contributed by atoms with van der Waals surface area (Å²) in [7, 11) is -7.24. The second kappa shape index (κ2) is 7.77. The molecule has 0 radical (unpaired) electrons. The maximum absolute atomic E-state index is 12.8. The molecule has 1 aliphatic rings. The molecule has 2 aromatic carbocycles. The topological polar surface area (TPSA) is 113 Å². The van der Waals surface area contributed by atoms with Crippen molar-refractivity contribution in [2.24, 2.45) is 0 Å². The van der Waals surface area contributed by atoms with E-state index in [0.29, 0.717) is 24.2 Å². The van der Waals surface area contributed by atoms with Crippen molar-refractivity contribution in [3.63, 3.8) is 0 Å². The maximum atomic E-state index is 12.8. The van der Waals surface area contributed by atoms with Crippen LogP contribution in [0.2, 0.25) is 0 Å². The molecule has 2 aromatic rings. The van der Waals surface area contributed by atoms with Gasteiger partial charge in [-0.3, -0.25) is 9.52 Å². The monoisotopic (exact) mass is 437 g/mol. The van der Waals surface area contributed by atoms with E-state index in [2.05, 4.69) is 9.44 Å². The summed E-state index contributed by atoms with van der Waals surface area (Å²) in [5, 5.41) is 0. The quantitative estimate of drug-likeness (QED) is 0.718. The second-order valence-corrected chi connectivity index (χ2v) is 10.5. The Hall–Kier alpha value is -2.43. The number of benzene rings is 2. The van der Waals surface area contributed by atoms with E-state index in [1.54, 1.807) is 48.2 Å². The van der Waals surface area contributed by atoms with Crippen molar-refractivity contribution in [3.8, 4) is 0 Å². The van der Waals surface area contributed by atoms with Gasteiger partial charge in [-0.15, -0.1) is 0 Å². The Labute approximate surface area is 171 Å². The van der Waals surface area contributed by atoms with Crippen molar-refractivity contribution in [2.45, 2.75) is 31.2 Å². The largest absolute Gasteiger partial charge is 0.312 e. The van der Waals surface area contributed by atoms with Crippen molar-refractivity contribution in [3.05, 3.63) is 53.6 Å². The molecule has 0 fully saturated rings. The molecule has 0 saturated heterocycles. The van der Waals surface area contributed by atoms with Gasteiger partial charge in [-0.1, -0.05) is 12.1 Å². The van der Waals surface area contributed by atoms with Crippen LogP contribution in [0.25, 0.3) is 0 Å². The number of hydrogen-bond acceptors (Lipinski definition) is 5. The van der Waals surface area contributed by atoms with E-state index in [0.717, 1.165) is 17.5 Å². The van der Waals surface area contributed by atoms with Gasteiger partial charge in [-0.05, 0) is 54.8 Å². The standard InChI is InChI=1S/C19H23N3O5S2/c1-13(15-5-4-6-17(11-15)21-28(3,24)25)20-29(26,27)18-7-8-19-16(12-18)9-10-22(19)14(2)23/h4-8,11-13,20-21H,9-10H2,1-3H3/t13-/m1/s1. The Kier molecular flexibility index (Phi) is 5.70. The molecular weight excluding hydrogens is 414 g/mol. The van der Waals surface area contributed by atoms with Crippen LogP contribution in [-0.2, 0) is 31.3 Å². The van der Waals surface area contributed by atoms with Crippen molar-refractivity contribution in [1.29, 1.82) is 0 Å². The Morgan fingerprint density at radius 2 is 1.83 bits per heavy atom. The number of rotatable bonds is 6. The summed E-state index contributed by atoms with van der Waals surface area (Å²) < 4.78 is 53.5. The summed E-state index contributed by atoms with van der Waals surface area (Å²) in [4.78, 5) is 13.4. The first kappa shape index (κ1) is 21.3. The Morgan fingerprint density at radius 3 is 2.48 bits per heavy atom. The average Bonchev–Trinajstić information content (AvgIpc) is 3.03. The summed E-state index contributed by atoms with van der Waals surface area (Å²) in [6.45, 7) is 3.70. The van der Waals surface area contributed by atoms with E-state index in [4.69, 9.17) is 0 Å². The molecule has 0 aliphatic carbocycles. The summed E-state index contributed by atoms with van der Waals surface area (Å²) in [6, 6.07) is 10.7. The lowest BCUT2D eigenvalue weighted by Gasteiger charge is -2.17. The van der Waals surface area contributed by atoms with Crippen molar-refractivity contribution in [1.82, 2.24) is 4.72 Å². The van der Waals surface area contributed by atoms with Crippen LogP contribution in [0.3, 0.4) is 0 Å². The predicted octanol–water partition coefficient (Wildman–Crippen LogP) is 2.01. The molecule has 0 aromatic heterocycles. The fourth-order valence-corrected chi connectivity index (χ4v) is 5.16. The lowest BCUT2D eigenvalue weighted by atomic mass is 10.1. The zero-order valence-electron chi connectivity index (χ0n) is 16.3. The van der Waals surface area contributed by atoms with Gasteiger partial charge in [-0.25, -0.2) is 21.6 Å². The summed E-state index contributed by atoms with van der Waals surface area (Å²) in [6.07, 6.45) is 1.65. The maximum Gasteiger partial charge on any atom is 0.241 e. The van der Waals surface area contributed by atoms with Crippen LogP contribution in [0.1, 0.15) is 31.0 Å². The van der Waals surface area contributed by atoms with E-state index in [1.165, 1.54) is 13.0 Å². The molecule has 3 rings (SSSR count). The van der Waals surface area contributed by atoms with Gasteiger partial charge in [0.2, 0.25) is 26.0 Å². The number of carbonyl (C=O) groups excluding carboxylic acids is 1. The number of nitrogens with one attached hydrogen (secondary N) is 2. The molecule has 0 saturated carbocycles. The first-order chi connectivity index (χ1) is 13.5. The lowest BCUT2D eigenvalue weighted by Crippen LogP contribution is -2.27. The van der Waals surface area contributed by atoms with E-state index >= 15 is 0 Å². The number of anilines is 2. The predicted molar refractivity (Wildman–Crippen MR) is 112 cm³/mol. The first-order valence-electron chi connectivity index (χ1n) is 8.97. The number of hydrogen-bond donors (Lipinski definition) is 2. The van der Waals surface area contributed by atoms with Crippen LogP contribution >= 0.6 is 0 Å². The fraction of sp³-hybridized carbons (Fsp3) is 0.316. The minimum absolute atomic E-state index is 0.0753. The summed E-state index contributed by atoms with van der Waals surface area (Å²) in [5.74, 6) is -0.0753. The molecule has 1 aliphatic heterocycles. The number of carbonyl (C=O) groups is 1. The minimum Gasteiger partial charge on any atom is -0.312 e. The highest BCUT2D eigenvalue weighted by Gasteiger charge is 2.25. The van der Waals surface area contributed by atoms with Crippen molar-refractivity contribution < 1.29 is 21.6 Å². The molecule has 156 valence electrons. The van der Waals surface area contributed by atoms with Gasteiger partial charge in [0.05, 0.1) is 11.2 Å². The molecule has 1 heterocycles. The molecule has 2 N–H and O–H groups in total. The van der Waals surface area contributed by atoms with Gasteiger partial charge in [0.25, 0.3) is 0 Å². The van der Waals surface area contributed by atoms with Crippen LogP contribution in [0.5, 0.6) is 0 Å². The van der Waals surface area contributed by atoms with Gasteiger partial charge in [0, 0.05) is 30.9 Å². The van der Waals surface area contributed by atoms with E-state index < -0.39 is 26.1 Å². The van der Waals surface area contributed by atoms with Crippen LogP contribution in [-0.4, -0.2) is 35.5 Å². The molecule has 8 nitrogen and oxygen atoms in total. The van der Waals surface area contributed by atoms with Crippen LogP contribution < -0.4 is 14.3 Å². The van der Waals surface area contributed by atoms with Gasteiger partial charge in [-0.2, -0.15) is 0 Å². The minimum atomic E-state index is -3.81. The molecule has 10 heteroatoms. The van der Waals surface area contributed by atoms with Crippen LogP contribution in [0.4, 0.5) is 11.4 Å². The highest BCUT2D eigenvalue weighted by Crippen LogP contribution is 2.30. The number of amides is 1. The van der Waals surface area contributed by atoms with Gasteiger partial charge < -0.3 is 4.90 Å². The summed E-state index contributed by atoms with van der Waals surface area (Å²) >= 11 is 0. The molecule has 0 unspecified atom stereocenters. The third-order valence-electron chi connectivity index (χ3n) is 4.66. The zero-order valence-corrected chi connectivity index (χ0v) is 18.0. The number of sulfonamides is 2. The number of fused-ring (bicyclic) bond motifs is 1. The fourth-order valence-electron chi connectivity index (χ4n) is 3.33. The Morgan fingerprint density at radius 1 is 1.10 bits per heavy atom. The Balaban J connectivity index is 1.81. The van der Waals surface area contributed by atoms with Crippen LogP contribution in [0, 0.1) is 0 Å². The SMILES string of the molecule is CC(=O)N1CCc2cc(S(=O)(=O)N[C@H](C)c3cccc(NS(C)(=O)=O)c3)ccc21. The van der Waals surface area contributed by atoms with E-state index in [1.807, 2.05) is 0 Å². The molecule has 29 heavy (non-hydrogen) atoms. The molecule has 1 amide bonds. The highest BCUT2D eigenvalue weighted by atomic mass is 32.2. The zero-order chi connectivity index (χ0) is 21.4. The molecule has 0 spiro atoms. The summed E-state index contributed by atoms with van der Waals surface area (Å²) in [5.41, 5.74) is 2.53. The average molecular weight is 438 g/mol. The van der Waals surface area contributed by atoms with Crippen molar-refractivity contribution in [2.75, 3.05) is 22.4 Å². The third kappa shape index (κ3) is 4.95. The lowest BCUT2D eigenvalue weighted by molar-refractivity contribution is -0.116. The normalized spacial score (nSPS) is 15.1. The third-order valence-corrected chi connectivity index (χ3v) is 6.80.